The summed E-state index contributed by atoms with van der Waals surface area (Å²) in [5, 5.41) is 1.02. The second-order valence-corrected chi connectivity index (χ2v) is 8.87. The molecule has 0 bridgehead atoms. The first-order chi connectivity index (χ1) is 11.3. The molecular weight excluding hydrogens is 346 g/mol. The van der Waals surface area contributed by atoms with E-state index in [1.54, 1.807) is 11.8 Å². The second kappa shape index (κ2) is 6.60. The first-order valence-corrected chi connectivity index (χ1v) is 9.48. The molecule has 4 nitrogen and oxygen atoms in total. The van der Waals surface area contributed by atoms with Crippen LogP contribution in [0.2, 0.25) is 5.02 Å². The molecule has 1 aliphatic rings. The molecule has 0 unspecified atom stereocenters. The molecule has 1 heterocycles. The maximum absolute atomic E-state index is 11.7. The summed E-state index contributed by atoms with van der Waals surface area (Å²) in [7, 11) is 0. The van der Waals surface area contributed by atoms with Gasteiger partial charge < -0.3 is 9.15 Å². The van der Waals surface area contributed by atoms with E-state index in [-0.39, 0.29) is 17.3 Å². The Morgan fingerprint density at radius 1 is 1.42 bits per heavy atom. The van der Waals surface area contributed by atoms with Crippen molar-refractivity contribution in [2.45, 2.75) is 56.1 Å². The Balaban J connectivity index is 1.79. The Morgan fingerprint density at radius 2 is 2.12 bits per heavy atom. The van der Waals surface area contributed by atoms with Gasteiger partial charge in [0.05, 0.1) is 22.4 Å². The highest BCUT2D eigenvalue weighted by Gasteiger charge is 2.37. The van der Waals surface area contributed by atoms with E-state index in [0.29, 0.717) is 22.8 Å². The molecule has 2 aromatic rings. The lowest BCUT2D eigenvalue weighted by Crippen LogP contribution is -2.33. The van der Waals surface area contributed by atoms with Crippen LogP contribution in [0, 0.1) is 5.92 Å². The fourth-order valence-corrected chi connectivity index (χ4v) is 4.36. The molecule has 130 valence electrons. The van der Waals surface area contributed by atoms with Crippen LogP contribution in [0.15, 0.2) is 21.4 Å². The zero-order valence-corrected chi connectivity index (χ0v) is 16.0. The van der Waals surface area contributed by atoms with E-state index >= 15 is 0 Å². The number of hydrogen-bond donors (Lipinski definition) is 0. The average Bonchev–Trinajstić information content (AvgIpc) is 2.88. The van der Waals surface area contributed by atoms with Crippen LogP contribution in [0.1, 0.15) is 46.4 Å². The molecule has 0 spiro atoms. The summed E-state index contributed by atoms with van der Waals surface area (Å²) in [6.45, 7) is 8.48. The molecule has 1 aromatic heterocycles. The number of nitrogens with zero attached hydrogens (tertiary/aromatic N) is 1. The summed E-state index contributed by atoms with van der Waals surface area (Å²) < 4.78 is 11.1. The number of ether oxygens (including phenoxy) is 1. The standard InChI is InChI=1S/C18H22ClNO3S/c1-5-22-16(21)10-8-11(9-10)24-15-12(19)6-7-13-14(15)23-17(20-13)18(2,3)4/h6-7,10-11H,5,8-9H2,1-4H3. The van der Waals surface area contributed by atoms with E-state index in [1.165, 1.54) is 0 Å². The summed E-state index contributed by atoms with van der Waals surface area (Å²) >= 11 is 8.08. The highest BCUT2D eigenvalue weighted by atomic mass is 35.5. The number of fused-ring (bicyclic) bond motifs is 1. The lowest BCUT2D eigenvalue weighted by Gasteiger charge is -2.32. The molecule has 0 N–H and O–H groups in total. The molecule has 0 saturated heterocycles. The molecule has 1 aromatic carbocycles. The first-order valence-electron chi connectivity index (χ1n) is 8.22. The third-order valence-electron chi connectivity index (χ3n) is 4.10. The summed E-state index contributed by atoms with van der Waals surface area (Å²) in [4.78, 5) is 17.2. The van der Waals surface area contributed by atoms with Crippen LogP contribution in [0.25, 0.3) is 11.1 Å². The van der Waals surface area contributed by atoms with Gasteiger partial charge in [-0.2, -0.15) is 0 Å². The Hall–Kier alpha value is -1.20. The minimum absolute atomic E-state index is 0.0142. The number of oxazole rings is 1. The third-order valence-corrected chi connectivity index (χ3v) is 5.89. The molecule has 1 aliphatic carbocycles. The van der Waals surface area contributed by atoms with Crippen molar-refractivity contribution in [1.29, 1.82) is 0 Å². The quantitative estimate of drug-likeness (QED) is 0.694. The molecule has 0 aliphatic heterocycles. The van der Waals surface area contributed by atoms with Crippen molar-refractivity contribution in [3.8, 4) is 0 Å². The number of esters is 1. The van der Waals surface area contributed by atoms with Gasteiger partial charge in [0.15, 0.2) is 5.58 Å². The predicted molar refractivity (Wildman–Crippen MR) is 96.7 cm³/mol. The molecule has 0 amide bonds. The third kappa shape index (κ3) is 3.42. The van der Waals surface area contributed by atoms with Gasteiger partial charge in [-0.15, -0.1) is 11.8 Å². The second-order valence-electron chi connectivity index (χ2n) is 7.15. The lowest BCUT2D eigenvalue weighted by molar-refractivity contribution is -0.150. The number of hydrogen-bond acceptors (Lipinski definition) is 5. The predicted octanol–water partition coefficient (Wildman–Crippen LogP) is 5.21. The van der Waals surface area contributed by atoms with Crippen molar-refractivity contribution in [2.75, 3.05) is 6.61 Å². The van der Waals surface area contributed by atoms with E-state index in [9.17, 15) is 4.79 Å². The number of rotatable bonds is 4. The summed E-state index contributed by atoms with van der Waals surface area (Å²) in [6.07, 6.45) is 1.63. The summed E-state index contributed by atoms with van der Waals surface area (Å²) in [6, 6.07) is 3.76. The molecule has 0 atom stereocenters. The maximum Gasteiger partial charge on any atom is 0.308 e. The number of halogens is 1. The van der Waals surface area contributed by atoms with Gasteiger partial charge in [0.25, 0.3) is 0 Å². The largest absolute Gasteiger partial charge is 0.466 e. The smallest absolute Gasteiger partial charge is 0.308 e. The van der Waals surface area contributed by atoms with Crippen LogP contribution >= 0.6 is 23.4 Å². The summed E-state index contributed by atoms with van der Waals surface area (Å²) in [5.41, 5.74) is 1.42. The molecule has 0 radical (unpaired) electrons. The number of carbonyl (C=O) groups excluding carboxylic acids is 1. The van der Waals surface area contributed by atoms with Gasteiger partial charge in [-0.3, -0.25) is 4.79 Å². The maximum atomic E-state index is 11.7. The van der Waals surface area contributed by atoms with Crippen LogP contribution in [0.5, 0.6) is 0 Å². The Kier molecular flexibility index (Phi) is 4.85. The van der Waals surface area contributed by atoms with Crippen LogP contribution < -0.4 is 0 Å². The highest BCUT2D eigenvalue weighted by Crippen LogP contribution is 2.46. The van der Waals surface area contributed by atoms with Gasteiger partial charge in [0.2, 0.25) is 5.89 Å². The molecule has 24 heavy (non-hydrogen) atoms. The van der Waals surface area contributed by atoms with Crippen molar-refractivity contribution in [2.24, 2.45) is 5.92 Å². The Morgan fingerprint density at radius 3 is 2.75 bits per heavy atom. The van der Waals surface area contributed by atoms with Crippen LogP contribution in [0.3, 0.4) is 0 Å². The van der Waals surface area contributed by atoms with Gasteiger partial charge in [-0.1, -0.05) is 32.4 Å². The fourth-order valence-electron chi connectivity index (χ4n) is 2.66. The zero-order chi connectivity index (χ0) is 17.5. The van der Waals surface area contributed by atoms with E-state index in [2.05, 4.69) is 25.8 Å². The highest BCUT2D eigenvalue weighted by molar-refractivity contribution is 8.00. The molecule has 1 fully saturated rings. The van der Waals surface area contributed by atoms with Gasteiger partial charge in [-0.05, 0) is 31.9 Å². The number of benzene rings is 1. The van der Waals surface area contributed by atoms with Crippen molar-refractivity contribution < 1.29 is 13.9 Å². The van der Waals surface area contributed by atoms with Crippen molar-refractivity contribution in [1.82, 2.24) is 4.98 Å². The monoisotopic (exact) mass is 367 g/mol. The topological polar surface area (TPSA) is 52.3 Å². The van der Waals surface area contributed by atoms with Gasteiger partial charge >= 0.3 is 5.97 Å². The number of aromatic nitrogens is 1. The van der Waals surface area contributed by atoms with E-state index < -0.39 is 0 Å². The first kappa shape index (κ1) is 17.6. The average molecular weight is 368 g/mol. The summed E-state index contributed by atoms with van der Waals surface area (Å²) in [5.74, 6) is 0.633. The zero-order valence-electron chi connectivity index (χ0n) is 14.4. The van der Waals surface area contributed by atoms with E-state index in [1.807, 2.05) is 19.1 Å². The Labute approximate surface area is 151 Å². The van der Waals surface area contributed by atoms with Crippen LogP contribution in [-0.4, -0.2) is 22.8 Å². The molecule has 6 heteroatoms. The fraction of sp³-hybridized carbons (Fsp3) is 0.556. The normalized spacial score (nSPS) is 20.9. The van der Waals surface area contributed by atoms with E-state index in [0.717, 1.165) is 28.8 Å². The van der Waals surface area contributed by atoms with Gasteiger partial charge in [0, 0.05) is 10.7 Å². The Bertz CT molecular complexity index is 759. The van der Waals surface area contributed by atoms with Crippen molar-refractivity contribution >= 4 is 40.4 Å². The van der Waals surface area contributed by atoms with Crippen molar-refractivity contribution in [3.63, 3.8) is 0 Å². The van der Waals surface area contributed by atoms with Gasteiger partial charge in [0.1, 0.15) is 5.52 Å². The van der Waals surface area contributed by atoms with Crippen LogP contribution in [0.4, 0.5) is 0 Å². The SMILES string of the molecule is CCOC(=O)C1CC(Sc2c(Cl)ccc3nc(C(C)(C)C)oc23)C1. The molecule has 3 rings (SSSR count). The molecular formula is C18H22ClNO3S. The minimum atomic E-state index is -0.154. The van der Waals surface area contributed by atoms with E-state index in [4.69, 9.17) is 20.8 Å². The number of carbonyl (C=O) groups is 1. The lowest BCUT2D eigenvalue weighted by atomic mass is 9.85. The van der Waals surface area contributed by atoms with Crippen molar-refractivity contribution in [3.05, 3.63) is 23.0 Å². The van der Waals surface area contributed by atoms with Gasteiger partial charge in [-0.25, -0.2) is 4.98 Å². The van der Waals surface area contributed by atoms with Crippen LogP contribution in [-0.2, 0) is 14.9 Å². The molecule has 1 saturated carbocycles. The minimum Gasteiger partial charge on any atom is -0.466 e. The number of thioether (sulfide) groups is 1.